The van der Waals surface area contributed by atoms with Crippen molar-refractivity contribution in [3.63, 3.8) is 0 Å². The van der Waals surface area contributed by atoms with Gasteiger partial charge in [-0.25, -0.2) is 14.5 Å². The Morgan fingerprint density at radius 2 is 1.85 bits per heavy atom. The molecule has 162 valence electrons. The van der Waals surface area contributed by atoms with E-state index in [1.807, 2.05) is 25.5 Å². The molecule has 0 fully saturated rings. The van der Waals surface area contributed by atoms with Crippen molar-refractivity contribution in [2.75, 3.05) is 11.4 Å². The third-order valence-electron chi connectivity index (χ3n) is 6.86. The van der Waals surface area contributed by atoms with Crippen molar-refractivity contribution < 1.29 is 0 Å². The molecule has 0 spiro atoms. The number of rotatable bonds is 1. The minimum absolute atomic E-state index is 0.725. The van der Waals surface area contributed by atoms with E-state index in [0.29, 0.717) is 0 Å². The number of hydrogen-bond donors (Lipinski definition) is 1. The first-order valence-electron chi connectivity index (χ1n) is 11.1. The van der Waals surface area contributed by atoms with Crippen molar-refractivity contribution in [2.45, 2.75) is 26.8 Å². The summed E-state index contributed by atoms with van der Waals surface area (Å²) in [6.07, 6.45) is 6.58. The first-order valence-corrected chi connectivity index (χ1v) is 11.5. The van der Waals surface area contributed by atoms with Gasteiger partial charge in [-0.2, -0.15) is 5.10 Å². The Hall–Kier alpha value is -3.64. The maximum absolute atomic E-state index is 6.72. The highest BCUT2D eigenvalue weighted by atomic mass is 35.5. The van der Waals surface area contributed by atoms with E-state index in [1.165, 1.54) is 21.9 Å². The minimum Gasteiger partial charge on any atom is -0.360 e. The molecular formula is C26H21ClN6. The standard InChI is InChI=1S/C26H21ClN6/c1-14-11-29-26(30-12-14)32-9-7-21-19(13-32)25-22-17-6-8-28-23(17)20(27)10-18(22)16-5-3-4-15(2)24(16)33(25)31-21/h3-6,8,10-12,28H,7,9,13H2,1-2H3. The molecule has 0 amide bonds. The second-order valence-electron chi connectivity index (χ2n) is 8.94. The van der Waals surface area contributed by atoms with Gasteiger partial charge in [-0.1, -0.05) is 29.8 Å². The smallest absolute Gasteiger partial charge is 0.225 e. The van der Waals surface area contributed by atoms with Gasteiger partial charge < -0.3 is 9.88 Å². The highest BCUT2D eigenvalue weighted by molar-refractivity contribution is 6.39. The molecule has 4 aromatic heterocycles. The van der Waals surface area contributed by atoms with Gasteiger partial charge in [-0.3, -0.25) is 0 Å². The van der Waals surface area contributed by atoms with Crippen LogP contribution < -0.4 is 4.90 Å². The van der Waals surface area contributed by atoms with Crippen molar-refractivity contribution in [3.8, 4) is 0 Å². The lowest BCUT2D eigenvalue weighted by molar-refractivity contribution is 0.697. The fourth-order valence-electron chi connectivity index (χ4n) is 5.33. The summed E-state index contributed by atoms with van der Waals surface area (Å²) in [6.45, 7) is 5.73. The number of nitrogens with one attached hydrogen (secondary N) is 1. The Labute approximate surface area is 194 Å². The fraction of sp³-hybridized carbons (Fsp3) is 0.192. The third kappa shape index (κ3) is 2.58. The minimum atomic E-state index is 0.725. The maximum atomic E-state index is 6.72. The quantitative estimate of drug-likeness (QED) is 0.323. The summed E-state index contributed by atoms with van der Waals surface area (Å²) >= 11 is 6.72. The van der Waals surface area contributed by atoms with E-state index < -0.39 is 0 Å². The van der Waals surface area contributed by atoms with Crippen LogP contribution >= 0.6 is 11.6 Å². The van der Waals surface area contributed by atoms with Crippen molar-refractivity contribution in [2.24, 2.45) is 0 Å². The normalized spacial score (nSPS) is 14.1. The number of fused-ring (bicyclic) bond motifs is 10. The van der Waals surface area contributed by atoms with Crippen molar-refractivity contribution >= 4 is 55.6 Å². The Kier molecular flexibility index (Phi) is 3.82. The van der Waals surface area contributed by atoms with Gasteiger partial charge in [0.15, 0.2) is 0 Å². The number of H-pyrrole nitrogens is 1. The van der Waals surface area contributed by atoms with Gasteiger partial charge in [0, 0.05) is 59.8 Å². The van der Waals surface area contributed by atoms with E-state index in [0.717, 1.165) is 69.1 Å². The molecule has 7 heteroatoms. The van der Waals surface area contributed by atoms with Crippen LogP contribution in [0.15, 0.2) is 48.9 Å². The first-order chi connectivity index (χ1) is 16.1. The zero-order chi connectivity index (χ0) is 22.3. The number of pyridine rings is 1. The van der Waals surface area contributed by atoms with E-state index >= 15 is 0 Å². The van der Waals surface area contributed by atoms with Gasteiger partial charge in [-0.15, -0.1) is 0 Å². The van der Waals surface area contributed by atoms with Crippen molar-refractivity contribution in [1.82, 2.24) is 24.6 Å². The average molecular weight is 453 g/mol. The van der Waals surface area contributed by atoms with Crippen LogP contribution in [-0.2, 0) is 13.0 Å². The predicted octanol–water partition coefficient (Wildman–Crippen LogP) is 5.74. The Morgan fingerprint density at radius 1 is 1.00 bits per heavy atom. The molecule has 7 rings (SSSR count). The molecule has 5 heterocycles. The van der Waals surface area contributed by atoms with Crippen molar-refractivity contribution in [3.05, 3.63) is 76.3 Å². The maximum Gasteiger partial charge on any atom is 0.225 e. The number of aromatic nitrogens is 5. The van der Waals surface area contributed by atoms with Crippen LogP contribution in [0.3, 0.4) is 0 Å². The van der Waals surface area contributed by atoms with Gasteiger partial charge in [0.2, 0.25) is 5.95 Å². The van der Waals surface area contributed by atoms with Gasteiger partial charge in [0.1, 0.15) is 0 Å². The monoisotopic (exact) mass is 452 g/mol. The Bertz CT molecular complexity index is 1730. The number of aromatic amines is 1. The summed E-state index contributed by atoms with van der Waals surface area (Å²) in [4.78, 5) is 14.7. The van der Waals surface area contributed by atoms with E-state index in [1.54, 1.807) is 0 Å². The molecular weight excluding hydrogens is 432 g/mol. The predicted molar refractivity (Wildman–Crippen MR) is 133 cm³/mol. The van der Waals surface area contributed by atoms with Gasteiger partial charge >= 0.3 is 0 Å². The second-order valence-corrected chi connectivity index (χ2v) is 9.34. The molecule has 1 N–H and O–H groups in total. The number of benzene rings is 2. The lowest BCUT2D eigenvalue weighted by Crippen LogP contribution is -2.31. The highest BCUT2D eigenvalue weighted by Gasteiger charge is 2.27. The average Bonchev–Trinajstić information content (AvgIpc) is 3.45. The molecule has 0 atom stereocenters. The van der Waals surface area contributed by atoms with Gasteiger partial charge in [0.05, 0.1) is 27.3 Å². The number of aryl methyl sites for hydroxylation is 2. The first kappa shape index (κ1) is 18.9. The summed E-state index contributed by atoms with van der Waals surface area (Å²) in [5.41, 5.74) is 7.90. The fourth-order valence-corrected chi connectivity index (χ4v) is 5.59. The molecule has 1 aliphatic heterocycles. The Balaban J connectivity index is 1.61. The summed E-state index contributed by atoms with van der Waals surface area (Å²) in [6, 6.07) is 10.6. The summed E-state index contributed by atoms with van der Waals surface area (Å²) < 4.78 is 2.16. The highest BCUT2D eigenvalue weighted by Crippen LogP contribution is 2.41. The molecule has 2 aromatic carbocycles. The molecule has 33 heavy (non-hydrogen) atoms. The number of halogens is 1. The lowest BCUT2D eigenvalue weighted by Gasteiger charge is -2.26. The van der Waals surface area contributed by atoms with Crippen LogP contribution in [0.25, 0.3) is 38.1 Å². The number of anilines is 1. The molecule has 0 saturated carbocycles. The molecule has 0 aliphatic carbocycles. The molecule has 6 aromatic rings. The number of nitrogens with zero attached hydrogens (tertiary/aromatic N) is 5. The number of para-hydroxylation sites is 1. The zero-order valence-electron chi connectivity index (χ0n) is 18.4. The lowest BCUT2D eigenvalue weighted by atomic mass is 9.97. The van der Waals surface area contributed by atoms with Crippen LogP contribution in [0.4, 0.5) is 5.95 Å². The summed E-state index contributed by atoms with van der Waals surface area (Å²) in [5, 5.41) is 10.5. The van der Waals surface area contributed by atoms with Crippen LogP contribution in [0, 0.1) is 13.8 Å². The van der Waals surface area contributed by atoms with E-state index in [-0.39, 0.29) is 0 Å². The molecule has 1 aliphatic rings. The van der Waals surface area contributed by atoms with Crippen LogP contribution in [0.5, 0.6) is 0 Å². The Morgan fingerprint density at radius 3 is 2.70 bits per heavy atom. The SMILES string of the molecule is Cc1cnc(N2CCc3nn4c5c(C)cccc5c5cc(Cl)c6[nH]ccc6c5c4c3C2)nc1. The second kappa shape index (κ2) is 6.68. The molecule has 0 bridgehead atoms. The van der Waals surface area contributed by atoms with Crippen molar-refractivity contribution in [1.29, 1.82) is 0 Å². The van der Waals surface area contributed by atoms with Crippen LogP contribution in [0.2, 0.25) is 5.02 Å². The molecule has 6 nitrogen and oxygen atoms in total. The molecule has 0 unspecified atom stereocenters. The van der Waals surface area contributed by atoms with Gasteiger partial charge in [-0.05, 0) is 42.5 Å². The largest absolute Gasteiger partial charge is 0.360 e. The summed E-state index contributed by atoms with van der Waals surface area (Å²) in [7, 11) is 0. The van der Waals surface area contributed by atoms with E-state index in [9.17, 15) is 0 Å². The zero-order valence-corrected chi connectivity index (χ0v) is 19.1. The molecule has 0 saturated heterocycles. The van der Waals surface area contributed by atoms with E-state index in [4.69, 9.17) is 16.7 Å². The van der Waals surface area contributed by atoms with E-state index in [2.05, 4.69) is 61.6 Å². The third-order valence-corrected chi connectivity index (χ3v) is 7.15. The number of hydrogen-bond acceptors (Lipinski definition) is 4. The van der Waals surface area contributed by atoms with Gasteiger partial charge in [0.25, 0.3) is 0 Å². The van der Waals surface area contributed by atoms with Crippen LogP contribution in [0.1, 0.15) is 22.4 Å². The van der Waals surface area contributed by atoms with Crippen LogP contribution in [-0.4, -0.2) is 31.1 Å². The molecule has 0 radical (unpaired) electrons. The summed E-state index contributed by atoms with van der Waals surface area (Å²) in [5.74, 6) is 0.765. The topological polar surface area (TPSA) is 62.1 Å².